The number of para-hydroxylation sites is 1. The summed E-state index contributed by atoms with van der Waals surface area (Å²) in [6.45, 7) is -0.376. The SMILES string of the molecule is O=C(O)c1cn(CC(=O)N2[C@@H]3C[C@@H]3C[C@H]2C(=O)N(F)Cc2cccc(Cl)c2)c2ccccc12. The van der Waals surface area contributed by atoms with Gasteiger partial charge >= 0.3 is 5.97 Å². The topological polar surface area (TPSA) is 82.8 Å². The summed E-state index contributed by atoms with van der Waals surface area (Å²) in [4.78, 5) is 39.3. The minimum atomic E-state index is -1.08. The molecule has 5 rings (SSSR count). The fourth-order valence-corrected chi connectivity index (χ4v) is 5.06. The van der Waals surface area contributed by atoms with E-state index in [4.69, 9.17) is 11.6 Å². The average molecular weight is 470 g/mol. The zero-order valence-corrected chi connectivity index (χ0v) is 18.3. The summed E-state index contributed by atoms with van der Waals surface area (Å²) in [5.74, 6) is -1.97. The predicted octanol–water partition coefficient (Wildman–Crippen LogP) is 3.90. The molecule has 1 aliphatic carbocycles. The van der Waals surface area contributed by atoms with Crippen LogP contribution in [0.25, 0.3) is 10.9 Å². The summed E-state index contributed by atoms with van der Waals surface area (Å²) >= 11 is 5.95. The number of amides is 2. The third-order valence-corrected chi connectivity index (χ3v) is 6.69. The highest BCUT2D eigenvalue weighted by atomic mass is 35.5. The number of carboxylic acids is 1. The van der Waals surface area contributed by atoms with Crippen molar-refractivity contribution in [3.63, 3.8) is 0 Å². The second-order valence-electron chi connectivity index (χ2n) is 8.60. The van der Waals surface area contributed by atoms with Crippen LogP contribution in [0.2, 0.25) is 5.02 Å². The number of hydrogen-bond acceptors (Lipinski definition) is 3. The van der Waals surface area contributed by atoms with E-state index in [2.05, 4.69) is 0 Å². The number of rotatable bonds is 6. The normalized spacial score (nSPS) is 21.2. The van der Waals surface area contributed by atoms with Gasteiger partial charge in [-0.25, -0.2) is 4.79 Å². The predicted molar refractivity (Wildman–Crippen MR) is 119 cm³/mol. The first kappa shape index (κ1) is 21.5. The Labute approximate surface area is 193 Å². The van der Waals surface area contributed by atoms with E-state index in [1.165, 1.54) is 11.1 Å². The molecular weight excluding hydrogens is 449 g/mol. The maximum atomic E-state index is 14.8. The van der Waals surface area contributed by atoms with Crippen molar-refractivity contribution in [3.8, 4) is 0 Å². The molecule has 9 heteroatoms. The third-order valence-electron chi connectivity index (χ3n) is 6.45. The number of aromatic nitrogens is 1. The van der Waals surface area contributed by atoms with Gasteiger partial charge in [0.25, 0.3) is 5.91 Å². The highest BCUT2D eigenvalue weighted by molar-refractivity contribution is 6.30. The Hall–Kier alpha value is -3.39. The van der Waals surface area contributed by atoms with Crippen molar-refractivity contribution in [1.82, 2.24) is 14.6 Å². The molecule has 2 amide bonds. The van der Waals surface area contributed by atoms with Crippen LogP contribution in [0.3, 0.4) is 0 Å². The van der Waals surface area contributed by atoms with Gasteiger partial charge in [-0.1, -0.05) is 46.4 Å². The Kier molecular flexibility index (Phi) is 5.32. The highest BCUT2D eigenvalue weighted by Crippen LogP contribution is 2.48. The Morgan fingerprint density at radius 2 is 1.91 bits per heavy atom. The Balaban J connectivity index is 1.35. The van der Waals surface area contributed by atoms with Gasteiger partial charge in [-0.2, -0.15) is 5.12 Å². The lowest BCUT2D eigenvalue weighted by molar-refractivity contribution is -0.157. The van der Waals surface area contributed by atoms with E-state index in [1.54, 1.807) is 53.1 Å². The summed E-state index contributed by atoms with van der Waals surface area (Å²) in [6, 6.07) is 12.6. The zero-order valence-electron chi connectivity index (χ0n) is 17.5. The third kappa shape index (κ3) is 3.95. The summed E-state index contributed by atoms with van der Waals surface area (Å²) < 4.78 is 16.4. The molecule has 33 heavy (non-hydrogen) atoms. The molecule has 0 radical (unpaired) electrons. The molecule has 2 fully saturated rings. The molecule has 2 aliphatic rings. The largest absolute Gasteiger partial charge is 0.478 e. The molecule has 0 bridgehead atoms. The van der Waals surface area contributed by atoms with Crippen LogP contribution in [0.4, 0.5) is 4.48 Å². The minimum absolute atomic E-state index is 0.0770. The number of nitrogens with zero attached hydrogens (tertiary/aromatic N) is 3. The molecule has 3 atom stereocenters. The van der Waals surface area contributed by atoms with E-state index in [0.717, 1.165) is 6.42 Å². The van der Waals surface area contributed by atoms with Gasteiger partial charge in [-0.15, -0.1) is 0 Å². The number of carboxylic acid groups (broad SMARTS) is 1. The average Bonchev–Trinajstić information content (AvgIpc) is 3.29. The summed E-state index contributed by atoms with van der Waals surface area (Å²) in [6.07, 6.45) is 2.66. The van der Waals surface area contributed by atoms with Crippen LogP contribution in [-0.2, 0) is 22.7 Å². The number of hydrogen-bond donors (Lipinski definition) is 1. The Bertz CT molecular complexity index is 1280. The lowest BCUT2D eigenvalue weighted by Crippen LogP contribution is -2.48. The van der Waals surface area contributed by atoms with Gasteiger partial charge in [0.2, 0.25) is 5.91 Å². The summed E-state index contributed by atoms with van der Waals surface area (Å²) in [7, 11) is 0. The van der Waals surface area contributed by atoms with Crippen molar-refractivity contribution in [3.05, 3.63) is 70.9 Å². The standard InChI is InChI=1S/C24H21ClFN3O4/c25-16-5-3-4-14(8-16)11-28(26)23(31)21-10-15-9-20(15)29(21)22(30)13-27-12-18(24(32)33)17-6-1-2-7-19(17)27/h1-8,12,15,20-21H,9-11,13H2,(H,32,33)/t15-,20-,21+/m1/s1. The number of benzene rings is 2. The molecule has 1 aromatic heterocycles. The number of likely N-dealkylation sites (tertiary alicyclic amines) is 1. The van der Waals surface area contributed by atoms with Gasteiger partial charge in [0.1, 0.15) is 12.6 Å². The number of carbonyl (C=O) groups is 3. The van der Waals surface area contributed by atoms with Crippen LogP contribution in [0, 0.1) is 5.92 Å². The molecule has 1 aliphatic heterocycles. The van der Waals surface area contributed by atoms with Crippen LogP contribution in [0.1, 0.15) is 28.8 Å². The van der Waals surface area contributed by atoms with Crippen molar-refractivity contribution < 1.29 is 24.0 Å². The first-order valence-corrected chi connectivity index (χ1v) is 11.0. The van der Waals surface area contributed by atoms with Gasteiger partial charge in [0.05, 0.1) is 12.1 Å². The second-order valence-corrected chi connectivity index (χ2v) is 9.03. The maximum absolute atomic E-state index is 14.8. The molecule has 7 nitrogen and oxygen atoms in total. The van der Waals surface area contributed by atoms with Crippen molar-refractivity contribution in [2.75, 3.05) is 0 Å². The number of aromatic carboxylic acids is 1. The fourth-order valence-electron chi connectivity index (χ4n) is 4.85. The van der Waals surface area contributed by atoms with E-state index in [0.29, 0.717) is 27.9 Å². The van der Waals surface area contributed by atoms with Crippen molar-refractivity contribution >= 4 is 40.3 Å². The molecular formula is C24H21ClFN3O4. The summed E-state index contributed by atoms with van der Waals surface area (Å²) in [5.41, 5.74) is 1.28. The van der Waals surface area contributed by atoms with Crippen LogP contribution in [-0.4, -0.2) is 49.6 Å². The number of halogens is 2. The van der Waals surface area contributed by atoms with Gasteiger partial charge in [-0.3, -0.25) is 9.59 Å². The lowest BCUT2D eigenvalue weighted by Gasteiger charge is -2.28. The van der Waals surface area contributed by atoms with Gasteiger partial charge < -0.3 is 14.6 Å². The molecule has 1 saturated carbocycles. The Morgan fingerprint density at radius 1 is 1.12 bits per heavy atom. The zero-order chi connectivity index (χ0) is 23.3. The molecule has 2 aromatic carbocycles. The van der Waals surface area contributed by atoms with Gasteiger partial charge in [-0.05, 0) is 42.5 Å². The highest BCUT2D eigenvalue weighted by Gasteiger charge is 2.56. The molecule has 0 unspecified atom stereocenters. The van der Waals surface area contributed by atoms with Gasteiger partial charge in [0, 0.05) is 28.2 Å². The number of piperidine rings is 1. The van der Waals surface area contributed by atoms with Gasteiger partial charge in [0.15, 0.2) is 0 Å². The quantitative estimate of drug-likeness (QED) is 0.555. The molecule has 1 saturated heterocycles. The monoisotopic (exact) mass is 469 g/mol. The number of fused-ring (bicyclic) bond motifs is 2. The fraction of sp³-hybridized carbons (Fsp3) is 0.292. The minimum Gasteiger partial charge on any atom is -0.478 e. The number of carbonyl (C=O) groups excluding carboxylic acids is 2. The van der Waals surface area contributed by atoms with E-state index >= 15 is 0 Å². The molecule has 3 aromatic rings. The van der Waals surface area contributed by atoms with Crippen LogP contribution in [0.5, 0.6) is 0 Å². The van der Waals surface area contributed by atoms with E-state index in [9.17, 15) is 24.0 Å². The van der Waals surface area contributed by atoms with Crippen LogP contribution < -0.4 is 0 Å². The molecule has 1 N–H and O–H groups in total. The molecule has 2 heterocycles. The Morgan fingerprint density at radius 3 is 2.67 bits per heavy atom. The van der Waals surface area contributed by atoms with Crippen molar-refractivity contribution in [2.45, 2.75) is 38.0 Å². The first-order chi connectivity index (χ1) is 15.8. The smallest absolute Gasteiger partial charge is 0.337 e. The van der Waals surface area contributed by atoms with Crippen LogP contribution >= 0.6 is 11.6 Å². The van der Waals surface area contributed by atoms with Crippen molar-refractivity contribution in [2.24, 2.45) is 5.92 Å². The maximum Gasteiger partial charge on any atom is 0.337 e. The van der Waals surface area contributed by atoms with E-state index in [-0.39, 0.29) is 41.6 Å². The second kappa shape index (κ2) is 8.19. The van der Waals surface area contributed by atoms with Crippen LogP contribution in [0.15, 0.2) is 54.7 Å². The van der Waals surface area contributed by atoms with Crippen molar-refractivity contribution in [1.29, 1.82) is 0 Å². The summed E-state index contributed by atoms with van der Waals surface area (Å²) in [5, 5.41) is 10.6. The van der Waals surface area contributed by atoms with E-state index < -0.39 is 17.9 Å². The lowest BCUT2D eigenvalue weighted by atomic mass is 10.1. The molecule has 170 valence electrons. The van der Waals surface area contributed by atoms with E-state index in [1.807, 2.05) is 0 Å². The first-order valence-electron chi connectivity index (χ1n) is 10.7. The molecule has 0 spiro atoms.